The van der Waals surface area contributed by atoms with Crippen molar-refractivity contribution < 1.29 is 19.8 Å². The molecule has 0 heterocycles. The van der Waals surface area contributed by atoms with Gasteiger partial charge in [0.1, 0.15) is 5.78 Å². The van der Waals surface area contributed by atoms with Crippen molar-refractivity contribution >= 4 is 27.7 Å². The van der Waals surface area contributed by atoms with E-state index in [1.807, 2.05) is 0 Å². The Morgan fingerprint density at radius 3 is 2.53 bits per heavy atom. The van der Waals surface area contributed by atoms with Crippen LogP contribution in [0.2, 0.25) is 0 Å². The number of carboxylic acids is 1. The van der Waals surface area contributed by atoms with E-state index in [1.165, 1.54) is 6.07 Å². The maximum absolute atomic E-state index is 11.3. The van der Waals surface area contributed by atoms with Crippen LogP contribution in [0.25, 0.3) is 0 Å². The van der Waals surface area contributed by atoms with Crippen molar-refractivity contribution in [1.82, 2.24) is 0 Å². The summed E-state index contributed by atoms with van der Waals surface area (Å²) in [6, 6.07) is 4.80. The Balaban J connectivity index is 2.93. The molecule has 0 fully saturated rings. The highest BCUT2D eigenvalue weighted by Gasteiger charge is 2.16. The molecule has 92 valence electrons. The van der Waals surface area contributed by atoms with Gasteiger partial charge >= 0.3 is 5.97 Å². The van der Waals surface area contributed by atoms with E-state index in [9.17, 15) is 14.7 Å². The molecule has 0 aliphatic rings. The van der Waals surface area contributed by atoms with Gasteiger partial charge in [0.2, 0.25) is 0 Å². The number of halogens is 1. The molecular weight excluding hydrogens is 288 g/mol. The van der Waals surface area contributed by atoms with Crippen LogP contribution in [0.15, 0.2) is 18.2 Å². The highest BCUT2D eigenvalue weighted by Crippen LogP contribution is 2.18. The molecule has 5 heteroatoms. The fourth-order valence-corrected chi connectivity index (χ4v) is 1.69. The summed E-state index contributed by atoms with van der Waals surface area (Å²) in [6.45, 7) is 1.79. The summed E-state index contributed by atoms with van der Waals surface area (Å²) in [6.07, 6.45) is -1.21. The van der Waals surface area contributed by atoms with Crippen molar-refractivity contribution in [3.8, 4) is 0 Å². The molecular formula is C12H13BrO4. The maximum Gasteiger partial charge on any atom is 0.337 e. The molecule has 0 saturated heterocycles. The molecule has 0 saturated carbocycles. The molecule has 0 aromatic heterocycles. The smallest absolute Gasteiger partial charge is 0.337 e. The molecule has 2 N–H and O–H groups in total. The van der Waals surface area contributed by atoms with E-state index in [-0.39, 0.29) is 5.78 Å². The Labute approximate surface area is 107 Å². The van der Waals surface area contributed by atoms with Crippen LogP contribution in [0.3, 0.4) is 0 Å². The molecule has 1 aromatic carbocycles. The quantitative estimate of drug-likeness (QED) is 0.810. The second-order valence-corrected chi connectivity index (χ2v) is 4.34. The van der Waals surface area contributed by atoms with Gasteiger partial charge < -0.3 is 10.2 Å². The number of benzene rings is 1. The third kappa shape index (κ3) is 3.64. The number of hydrogen-bond donors (Lipinski definition) is 2. The Morgan fingerprint density at radius 1 is 1.41 bits per heavy atom. The number of alkyl halides is 1. The number of rotatable bonds is 5. The van der Waals surface area contributed by atoms with Crippen LogP contribution in [-0.4, -0.2) is 27.3 Å². The first kappa shape index (κ1) is 13.9. The van der Waals surface area contributed by atoms with E-state index in [0.29, 0.717) is 17.3 Å². The van der Waals surface area contributed by atoms with Gasteiger partial charge in [-0.3, -0.25) is 4.79 Å². The summed E-state index contributed by atoms with van der Waals surface area (Å²) in [5, 5.41) is 18.3. The van der Waals surface area contributed by atoms with Gasteiger partial charge in [-0.1, -0.05) is 34.1 Å². The molecule has 0 aliphatic heterocycles. The number of aliphatic hydroxyl groups excluding tert-OH is 1. The number of carbonyl (C=O) groups is 2. The first-order chi connectivity index (χ1) is 7.95. The molecule has 1 atom stereocenters. The minimum Gasteiger partial charge on any atom is -0.479 e. The number of hydrogen-bond acceptors (Lipinski definition) is 3. The Kier molecular flexibility index (Phi) is 4.84. The average Bonchev–Trinajstić information content (AvgIpc) is 2.30. The van der Waals surface area contributed by atoms with Crippen LogP contribution in [0.1, 0.15) is 22.8 Å². The summed E-state index contributed by atoms with van der Waals surface area (Å²) in [5.74, 6) is -1.23. The van der Waals surface area contributed by atoms with Crippen LogP contribution < -0.4 is 0 Å². The lowest BCUT2D eigenvalue weighted by atomic mass is 9.99. The third-order valence-corrected chi connectivity index (χ3v) is 3.08. The molecule has 1 rings (SSSR count). The van der Waals surface area contributed by atoms with Gasteiger partial charge in [0.25, 0.3) is 0 Å². The van der Waals surface area contributed by atoms with Crippen LogP contribution in [0.4, 0.5) is 0 Å². The number of carbonyl (C=O) groups excluding carboxylic acids is 1. The summed E-state index contributed by atoms with van der Waals surface area (Å²) in [4.78, 5) is 21.9. The van der Waals surface area contributed by atoms with E-state index in [2.05, 4.69) is 15.9 Å². The monoisotopic (exact) mass is 300 g/mol. The predicted octanol–water partition coefficient (Wildman–Crippen LogP) is 1.62. The standard InChI is InChI=1S/C12H13BrO4/c1-7-4-9(11(15)12(16)17)3-2-8(7)5-10(14)6-13/h2-4,11,15H,5-6H2,1H3,(H,16,17). The molecule has 0 amide bonds. The second kappa shape index (κ2) is 5.93. The highest BCUT2D eigenvalue weighted by atomic mass is 79.9. The van der Waals surface area contributed by atoms with Crippen LogP contribution in [-0.2, 0) is 16.0 Å². The SMILES string of the molecule is Cc1cc(C(O)C(=O)O)ccc1CC(=O)CBr. The van der Waals surface area contributed by atoms with E-state index in [1.54, 1.807) is 19.1 Å². The minimum atomic E-state index is -1.52. The van der Waals surface area contributed by atoms with Crippen LogP contribution in [0, 0.1) is 6.92 Å². The van der Waals surface area contributed by atoms with E-state index in [0.717, 1.165) is 11.1 Å². The molecule has 0 aliphatic carbocycles. The van der Waals surface area contributed by atoms with E-state index in [4.69, 9.17) is 5.11 Å². The Hall–Kier alpha value is -1.20. The highest BCUT2D eigenvalue weighted by molar-refractivity contribution is 9.09. The Bertz CT molecular complexity index is 442. The number of aryl methyl sites for hydroxylation is 1. The summed E-state index contributed by atoms with van der Waals surface area (Å²) < 4.78 is 0. The minimum absolute atomic E-state index is 0.0552. The number of aliphatic hydroxyl groups is 1. The fourth-order valence-electron chi connectivity index (χ4n) is 1.49. The topological polar surface area (TPSA) is 74.6 Å². The van der Waals surface area contributed by atoms with Gasteiger partial charge in [-0.15, -0.1) is 0 Å². The average molecular weight is 301 g/mol. The van der Waals surface area contributed by atoms with Crippen molar-refractivity contribution in [3.05, 3.63) is 34.9 Å². The number of Topliss-reactive ketones (excluding diaryl/α,β-unsaturated/α-hetero) is 1. The van der Waals surface area contributed by atoms with Gasteiger partial charge in [0.15, 0.2) is 6.10 Å². The summed E-state index contributed by atoms with van der Waals surface area (Å²) in [5.41, 5.74) is 1.97. The van der Waals surface area contributed by atoms with Gasteiger partial charge in [0.05, 0.1) is 5.33 Å². The van der Waals surface area contributed by atoms with Crippen molar-refractivity contribution in [1.29, 1.82) is 0 Å². The normalized spacial score (nSPS) is 12.2. The lowest BCUT2D eigenvalue weighted by Gasteiger charge is -2.10. The van der Waals surface area contributed by atoms with E-state index >= 15 is 0 Å². The summed E-state index contributed by atoms with van der Waals surface area (Å²) >= 11 is 3.09. The van der Waals surface area contributed by atoms with Gasteiger partial charge in [-0.05, 0) is 23.6 Å². The van der Waals surface area contributed by atoms with Crippen molar-refractivity contribution in [2.75, 3.05) is 5.33 Å². The zero-order valence-electron chi connectivity index (χ0n) is 9.31. The second-order valence-electron chi connectivity index (χ2n) is 3.78. The molecule has 0 radical (unpaired) electrons. The fraction of sp³-hybridized carbons (Fsp3) is 0.333. The van der Waals surface area contributed by atoms with Gasteiger partial charge in [-0.25, -0.2) is 4.79 Å². The zero-order valence-corrected chi connectivity index (χ0v) is 10.9. The van der Waals surface area contributed by atoms with Crippen molar-refractivity contribution in [3.63, 3.8) is 0 Å². The molecule has 0 bridgehead atoms. The first-order valence-electron chi connectivity index (χ1n) is 5.03. The zero-order chi connectivity index (χ0) is 13.0. The van der Waals surface area contributed by atoms with Crippen LogP contribution >= 0.6 is 15.9 Å². The summed E-state index contributed by atoms with van der Waals surface area (Å²) in [7, 11) is 0. The largest absolute Gasteiger partial charge is 0.479 e. The van der Waals surface area contributed by atoms with Crippen molar-refractivity contribution in [2.45, 2.75) is 19.4 Å². The van der Waals surface area contributed by atoms with Crippen molar-refractivity contribution in [2.24, 2.45) is 0 Å². The molecule has 0 spiro atoms. The number of carboxylic acid groups (broad SMARTS) is 1. The maximum atomic E-state index is 11.3. The lowest BCUT2D eigenvalue weighted by Crippen LogP contribution is -2.11. The molecule has 1 aromatic rings. The molecule has 4 nitrogen and oxygen atoms in total. The van der Waals surface area contributed by atoms with Gasteiger partial charge in [-0.2, -0.15) is 0 Å². The Morgan fingerprint density at radius 2 is 2.06 bits per heavy atom. The number of ketones is 1. The van der Waals surface area contributed by atoms with Gasteiger partial charge in [0, 0.05) is 6.42 Å². The third-order valence-electron chi connectivity index (χ3n) is 2.45. The molecule has 1 unspecified atom stereocenters. The predicted molar refractivity (Wildman–Crippen MR) is 66.3 cm³/mol. The number of aliphatic carboxylic acids is 1. The van der Waals surface area contributed by atoms with Crippen LogP contribution in [0.5, 0.6) is 0 Å². The first-order valence-corrected chi connectivity index (χ1v) is 6.15. The van der Waals surface area contributed by atoms with E-state index < -0.39 is 12.1 Å². The lowest BCUT2D eigenvalue weighted by molar-refractivity contribution is -0.147. The molecule has 17 heavy (non-hydrogen) atoms.